The van der Waals surface area contributed by atoms with Gasteiger partial charge in [0.1, 0.15) is 13.2 Å². The van der Waals surface area contributed by atoms with Crippen molar-refractivity contribution < 1.29 is 14.3 Å². The third-order valence-corrected chi connectivity index (χ3v) is 5.73. The number of amides is 1. The quantitative estimate of drug-likeness (QED) is 0.862. The van der Waals surface area contributed by atoms with E-state index >= 15 is 0 Å². The fraction of sp³-hybridized carbons (Fsp3) is 0.611. The minimum absolute atomic E-state index is 0.0306. The van der Waals surface area contributed by atoms with Crippen molar-refractivity contribution in [2.75, 3.05) is 26.3 Å². The van der Waals surface area contributed by atoms with Gasteiger partial charge in [-0.15, -0.1) is 0 Å². The van der Waals surface area contributed by atoms with Crippen molar-refractivity contribution in [3.8, 4) is 11.5 Å². The molecule has 5 nitrogen and oxygen atoms in total. The molecule has 2 N–H and O–H groups in total. The summed E-state index contributed by atoms with van der Waals surface area (Å²) in [4.78, 5) is 14.3. The van der Waals surface area contributed by atoms with Gasteiger partial charge < -0.3 is 20.1 Å². The summed E-state index contributed by atoms with van der Waals surface area (Å²) in [6, 6.07) is 4.29. The number of fused-ring (bicyclic) bond motifs is 3. The first kappa shape index (κ1) is 14.8. The van der Waals surface area contributed by atoms with Crippen molar-refractivity contribution in [1.29, 1.82) is 0 Å². The van der Waals surface area contributed by atoms with Crippen LogP contribution in [0.25, 0.3) is 0 Å². The molecule has 0 saturated heterocycles. The molecule has 2 aliphatic heterocycles. The fourth-order valence-corrected chi connectivity index (χ4v) is 4.53. The van der Waals surface area contributed by atoms with Crippen LogP contribution < -0.4 is 15.2 Å². The van der Waals surface area contributed by atoms with E-state index in [1.165, 1.54) is 24.0 Å². The van der Waals surface area contributed by atoms with Crippen molar-refractivity contribution in [1.82, 2.24) is 4.90 Å². The summed E-state index contributed by atoms with van der Waals surface area (Å²) in [5.74, 6) is 1.69. The molecule has 23 heavy (non-hydrogen) atoms. The lowest BCUT2D eigenvalue weighted by molar-refractivity contribution is -0.133. The molecular weight excluding hydrogens is 292 g/mol. The number of carbonyl (C=O) groups is 1. The first-order valence-corrected chi connectivity index (χ1v) is 8.58. The van der Waals surface area contributed by atoms with E-state index < -0.39 is 0 Å². The predicted octanol–water partition coefficient (Wildman–Crippen LogP) is 2.13. The lowest BCUT2D eigenvalue weighted by Gasteiger charge is -2.46. The zero-order valence-electron chi connectivity index (χ0n) is 13.6. The van der Waals surface area contributed by atoms with E-state index in [2.05, 4.69) is 19.1 Å². The number of nitrogens with zero attached hydrogens (tertiary/aromatic N) is 1. The Kier molecular flexibility index (Phi) is 3.48. The molecule has 1 atom stereocenters. The highest BCUT2D eigenvalue weighted by Crippen LogP contribution is 2.51. The molecule has 1 aromatic rings. The number of hydrogen-bond acceptors (Lipinski definition) is 4. The van der Waals surface area contributed by atoms with Crippen LogP contribution in [0.15, 0.2) is 12.1 Å². The van der Waals surface area contributed by atoms with Gasteiger partial charge in [-0.2, -0.15) is 0 Å². The zero-order valence-corrected chi connectivity index (χ0v) is 13.6. The second kappa shape index (κ2) is 5.41. The van der Waals surface area contributed by atoms with E-state index in [1.54, 1.807) is 0 Å². The summed E-state index contributed by atoms with van der Waals surface area (Å²) < 4.78 is 11.6. The van der Waals surface area contributed by atoms with Crippen LogP contribution in [-0.4, -0.2) is 37.1 Å². The van der Waals surface area contributed by atoms with E-state index in [1.807, 2.05) is 4.90 Å². The highest BCUT2D eigenvalue weighted by atomic mass is 16.6. The van der Waals surface area contributed by atoms with Crippen molar-refractivity contribution >= 4 is 5.91 Å². The number of nitrogens with two attached hydrogens (primary N) is 1. The maximum Gasteiger partial charge on any atom is 0.236 e. The molecule has 3 aliphatic rings. The molecule has 1 aromatic carbocycles. The Morgan fingerprint density at radius 1 is 1.26 bits per heavy atom. The molecule has 0 bridgehead atoms. The van der Waals surface area contributed by atoms with E-state index in [9.17, 15) is 4.79 Å². The van der Waals surface area contributed by atoms with Crippen molar-refractivity contribution in [3.05, 3.63) is 23.3 Å². The van der Waals surface area contributed by atoms with Gasteiger partial charge in [-0.05, 0) is 43.0 Å². The lowest BCUT2D eigenvalue weighted by atomic mass is 9.71. The van der Waals surface area contributed by atoms with Gasteiger partial charge in [0, 0.05) is 12.0 Å². The molecule has 5 heteroatoms. The normalized spacial score (nSPS) is 24.6. The summed E-state index contributed by atoms with van der Waals surface area (Å²) >= 11 is 0. The first-order valence-electron chi connectivity index (χ1n) is 8.58. The average Bonchev–Trinajstić information content (AvgIpc) is 3.06. The van der Waals surface area contributed by atoms with Gasteiger partial charge in [0.25, 0.3) is 0 Å². The standard InChI is InChI=1S/C18H24N2O3/c1-12-13-8-15-16(23-7-6-22-15)9-14(13)18(4-2-3-5-18)11-20(12)17(21)10-19/h8-9,12H,2-7,10-11,19H2,1H3. The Morgan fingerprint density at radius 2 is 1.91 bits per heavy atom. The van der Waals surface area contributed by atoms with Crippen LogP contribution in [-0.2, 0) is 10.2 Å². The Hall–Kier alpha value is -1.75. The van der Waals surface area contributed by atoms with Crippen LogP contribution in [0, 0.1) is 0 Å². The SMILES string of the molecule is CC1c2cc3c(cc2C2(CCCC2)CN1C(=O)CN)OCCO3. The molecule has 0 aromatic heterocycles. The molecular formula is C18H24N2O3. The Bertz CT molecular complexity index is 637. The number of hydrogen-bond donors (Lipinski definition) is 1. The molecule has 1 fully saturated rings. The van der Waals surface area contributed by atoms with Gasteiger partial charge in [0.2, 0.25) is 5.91 Å². The van der Waals surface area contributed by atoms with Crippen LogP contribution in [0.3, 0.4) is 0 Å². The molecule has 2 heterocycles. The van der Waals surface area contributed by atoms with Crippen LogP contribution in [0.4, 0.5) is 0 Å². The van der Waals surface area contributed by atoms with Crippen LogP contribution in [0.2, 0.25) is 0 Å². The van der Waals surface area contributed by atoms with Gasteiger partial charge in [-0.3, -0.25) is 4.79 Å². The van der Waals surface area contributed by atoms with Gasteiger partial charge in [0.15, 0.2) is 11.5 Å². The van der Waals surface area contributed by atoms with Crippen molar-refractivity contribution in [2.45, 2.75) is 44.1 Å². The van der Waals surface area contributed by atoms with Gasteiger partial charge >= 0.3 is 0 Å². The molecule has 1 aliphatic carbocycles. The molecule has 1 spiro atoms. The Labute approximate surface area is 136 Å². The smallest absolute Gasteiger partial charge is 0.236 e. The molecule has 4 rings (SSSR count). The molecule has 1 amide bonds. The lowest BCUT2D eigenvalue weighted by Crippen LogP contribution is -2.50. The first-order chi connectivity index (χ1) is 11.1. The van der Waals surface area contributed by atoms with Crippen LogP contribution in [0.1, 0.15) is 49.8 Å². The van der Waals surface area contributed by atoms with E-state index in [0.717, 1.165) is 30.9 Å². The number of benzene rings is 1. The summed E-state index contributed by atoms with van der Waals surface area (Å²) in [6.07, 6.45) is 4.68. The number of ether oxygens (including phenoxy) is 2. The molecule has 1 saturated carbocycles. The van der Waals surface area contributed by atoms with Crippen molar-refractivity contribution in [2.24, 2.45) is 5.73 Å². The number of rotatable bonds is 1. The molecule has 1 unspecified atom stereocenters. The van der Waals surface area contributed by atoms with E-state index in [-0.39, 0.29) is 23.9 Å². The van der Waals surface area contributed by atoms with Crippen LogP contribution in [0.5, 0.6) is 11.5 Å². The average molecular weight is 316 g/mol. The highest BCUT2D eigenvalue weighted by molar-refractivity contribution is 5.79. The summed E-state index contributed by atoms with van der Waals surface area (Å²) in [5.41, 5.74) is 8.26. The van der Waals surface area contributed by atoms with Gasteiger partial charge in [-0.1, -0.05) is 12.8 Å². The van der Waals surface area contributed by atoms with Gasteiger partial charge in [-0.25, -0.2) is 0 Å². The second-order valence-corrected chi connectivity index (χ2v) is 6.97. The third-order valence-electron chi connectivity index (χ3n) is 5.73. The Balaban J connectivity index is 1.85. The summed E-state index contributed by atoms with van der Waals surface area (Å²) in [6.45, 7) is 4.12. The minimum atomic E-state index is 0.0306. The Morgan fingerprint density at radius 3 is 2.57 bits per heavy atom. The summed E-state index contributed by atoms with van der Waals surface area (Å²) in [5, 5.41) is 0. The summed E-state index contributed by atoms with van der Waals surface area (Å²) in [7, 11) is 0. The molecule has 124 valence electrons. The topological polar surface area (TPSA) is 64.8 Å². The monoisotopic (exact) mass is 316 g/mol. The van der Waals surface area contributed by atoms with Crippen molar-refractivity contribution in [3.63, 3.8) is 0 Å². The third kappa shape index (κ3) is 2.21. The second-order valence-electron chi connectivity index (χ2n) is 6.97. The van der Waals surface area contributed by atoms with E-state index in [0.29, 0.717) is 13.2 Å². The maximum absolute atomic E-state index is 12.4. The largest absolute Gasteiger partial charge is 0.486 e. The van der Waals surface area contributed by atoms with Gasteiger partial charge in [0.05, 0.1) is 12.6 Å². The predicted molar refractivity (Wildman–Crippen MR) is 86.8 cm³/mol. The highest BCUT2D eigenvalue weighted by Gasteiger charge is 2.46. The van der Waals surface area contributed by atoms with E-state index in [4.69, 9.17) is 15.2 Å². The molecule has 0 radical (unpaired) electrons. The minimum Gasteiger partial charge on any atom is -0.486 e. The number of carbonyl (C=O) groups excluding carboxylic acids is 1. The fourth-order valence-electron chi connectivity index (χ4n) is 4.53. The van der Waals surface area contributed by atoms with Crippen LogP contribution >= 0.6 is 0 Å². The zero-order chi connectivity index (χ0) is 16.0. The maximum atomic E-state index is 12.4.